The van der Waals surface area contributed by atoms with Gasteiger partial charge in [-0.15, -0.1) is 0 Å². The number of amides is 1. The largest absolute Gasteiger partial charge is 0.448 e. The Bertz CT molecular complexity index is 670. The standard InChI is InChI=1S/C15H18N4O3/c1-10-14(17-9-22-10)15(20)19-6-7-21-12(8-19)11-4-3-5-13(16-2)18-11/h3-5,9,12H,6-8H2,1-2H3,(H,16,18). The van der Waals surface area contributed by atoms with Crippen molar-refractivity contribution in [2.75, 3.05) is 32.1 Å². The minimum absolute atomic E-state index is 0.135. The van der Waals surface area contributed by atoms with Gasteiger partial charge in [-0.2, -0.15) is 0 Å². The predicted molar refractivity (Wildman–Crippen MR) is 79.6 cm³/mol. The third kappa shape index (κ3) is 2.80. The van der Waals surface area contributed by atoms with Gasteiger partial charge in [-0.25, -0.2) is 9.97 Å². The van der Waals surface area contributed by atoms with Gasteiger partial charge in [0.05, 0.1) is 18.8 Å². The van der Waals surface area contributed by atoms with E-state index in [0.717, 1.165) is 11.5 Å². The molecule has 1 unspecified atom stereocenters. The van der Waals surface area contributed by atoms with E-state index in [9.17, 15) is 4.79 Å². The van der Waals surface area contributed by atoms with Crippen LogP contribution >= 0.6 is 0 Å². The number of hydrogen-bond acceptors (Lipinski definition) is 6. The molecule has 0 spiro atoms. The van der Waals surface area contributed by atoms with E-state index in [1.807, 2.05) is 25.2 Å². The third-order valence-corrected chi connectivity index (χ3v) is 3.66. The summed E-state index contributed by atoms with van der Waals surface area (Å²) in [6, 6.07) is 5.70. The smallest absolute Gasteiger partial charge is 0.276 e. The van der Waals surface area contributed by atoms with Crippen molar-refractivity contribution in [1.82, 2.24) is 14.9 Å². The molecule has 7 nitrogen and oxygen atoms in total. The molecule has 1 N–H and O–H groups in total. The molecule has 1 saturated heterocycles. The van der Waals surface area contributed by atoms with Gasteiger partial charge in [0, 0.05) is 13.6 Å². The van der Waals surface area contributed by atoms with Gasteiger partial charge < -0.3 is 19.4 Å². The van der Waals surface area contributed by atoms with Gasteiger partial charge in [-0.05, 0) is 19.1 Å². The van der Waals surface area contributed by atoms with Gasteiger partial charge in [-0.1, -0.05) is 6.07 Å². The van der Waals surface area contributed by atoms with E-state index in [4.69, 9.17) is 9.15 Å². The Morgan fingerprint density at radius 1 is 1.45 bits per heavy atom. The monoisotopic (exact) mass is 302 g/mol. The lowest BCUT2D eigenvalue weighted by molar-refractivity contribution is -0.0248. The number of hydrogen-bond donors (Lipinski definition) is 1. The summed E-state index contributed by atoms with van der Waals surface area (Å²) >= 11 is 0. The van der Waals surface area contributed by atoms with E-state index in [1.54, 1.807) is 11.8 Å². The first kappa shape index (κ1) is 14.5. The summed E-state index contributed by atoms with van der Waals surface area (Å²) in [5, 5.41) is 3.00. The lowest BCUT2D eigenvalue weighted by Gasteiger charge is -2.32. The number of carbonyl (C=O) groups is 1. The number of nitrogens with zero attached hydrogens (tertiary/aromatic N) is 3. The predicted octanol–water partition coefficient (Wildman–Crippen LogP) is 1.63. The van der Waals surface area contributed by atoms with Crippen molar-refractivity contribution in [3.63, 3.8) is 0 Å². The number of morpholine rings is 1. The van der Waals surface area contributed by atoms with Crippen LogP contribution in [0.3, 0.4) is 0 Å². The Balaban J connectivity index is 1.76. The van der Waals surface area contributed by atoms with Crippen LogP contribution in [0, 0.1) is 6.92 Å². The summed E-state index contributed by atoms with van der Waals surface area (Å²) in [7, 11) is 1.82. The summed E-state index contributed by atoms with van der Waals surface area (Å²) < 4.78 is 10.9. The first-order chi connectivity index (χ1) is 10.7. The number of aromatic nitrogens is 2. The van der Waals surface area contributed by atoms with Gasteiger partial charge in [0.25, 0.3) is 5.91 Å². The maximum absolute atomic E-state index is 12.5. The Hall–Kier alpha value is -2.41. The van der Waals surface area contributed by atoms with Crippen molar-refractivity contribution >= 4 is 11.7 Å². The van der Waals surface area contributed by atoms with Crippen LogP contribution in [-0.4, -0.2) is 47.5 Å². The quantitative estimate of drug-likeness (QED) is 0.928. The van der Waals surface area contributed by atoms with E-state index in [-0.39, 0.29) is 12.0 Å². The van der Waals surface area contributed by atoms with Crippen molar-refractivity contribution in [2.45, 2.75) is 13.0 Å². The molecule has 0 aliphatic carbocycles. The number of oxazole rings is 1. The van der Waals surface area contributed by atoms with Crippen LogP contribution in [0.2, 0.25) is 0 Å². The molecule has 3 heterocycles. The molecule has 0 saturated carbocycles. The summed E-state index contributed by atoms with van der Waals surface area (Å²) in [5.74, 6) is 1.17. The fraction of sp³-hybridized carbons (Fsp3) is 0.400. The molecule has 1 fully saturated rings. The van der Waals surface area contributed by atoms with E-state index in [2.05, 4.69) is 15.3 Å². The zero-order valence-corrected chi connectivity index (χ0v) is 12.6. The first-order valence-corrected chi connectivity index (χ1v) is 7.14. The Morgan fingerprint density at radius 3 is 3.05 bits per heavy atom. The number of rotatable bonds is 3. The Morgan fingerprint density at radius 2 is 2.32 bits per heavy atom. The molecule has 0 bridgehead atoms. The van der Waals surface area contributed by atoms with Crippen molar-refractivity contribution < 1.29 is 13.9 Å². The highest BCUT2D eigenvalue weighted by Crippen LogP contribution is 2.23. The second-order valence-corrected chi connectivity index (χ2v) is 5.07. The van der Waals surface area contributed by atoms with E-state index < -0.39 is 0 Å². The molecule has 116 valence electrons. The second kappa shape index (κ2) is 6.15. The van der Waals surface area contributed by atoms with Crippen LogP contribution in [-0.2, 0) is 4.74 Å². The van der Waals surface area contributed by atoms with Gasteiger partial charge in [0.15, 0.2) is 12.1 Å². The van der Waals surface area contributed by atoms with Crippen molar-refractivity contribution in [1.29, 1.82) is 0 Å². The summed E-state index contributed by atoms with van der Waals surface area (Å²) in [4.78, 5) is 22.7. The van der Waals surface area contributed by atoms with E-state index in [0.29, 0.717) is 31.2 Å². The Kier molecular flexibility index (Phi) is 4.06. The fourth-order valence-corrected chi connectivity index (χ4v) is 2.44. The highest BCUT2D eigenvalue weighted by Gasteiger charge is 2.29. The molecule has 22 heavy (non-hydrogen) atoms. The summed E-state index contributed by atoms with van der Waals surface area (Å²) in [6.45, 7) is 3.19. The zero-order valence-electron chi connectivity index (χ0n) is 12.6. The average molecular weight is 302 g/mol. The molecule has 3 rings (SSSR count). The van der Waals surface area contributed by atoms with Crippen molar-refractivity contribution in [3.05, 3.63) is 41.7 Å². The molecule has 0 radical (unpaired) electrons. The SMILES string of the molecule is CNc1cccc(C2CN(C(=O)c3ncoc3C)CCO2)n1. The van der Waals surface area contributed by atoms with Crippen LogP contribution in [0.4, 0.5) is 5.82 Å². The molecule has 2 aromatic rings. The minimum atomic E-state index is -0.238. The molecular formula is C15H18N4O3. The summed E-state index contributed by atoms with van der Waals surface area (Å²) in [5.41, 5.74) is 1.17. The van der Waals surface area contributed by atoms with Crippen LogP contribution < -0.4 is 5.32 Å². The molecule has 1 amide bonds. The number of aryl methyl sites for hydroxylation is 1. The lowest BCUT2D eigenvalue weighted by Crippen LogP contribution is -2.42. The molecule has 7 heteroatoms. The Labute approximate surface area is 128 Å². The number of pyridine rings is 1. The zero-order chi connectivity index (χ0) is 15.5. The molecular weight excluding hydrogens is 284 g/mol. The van der Waals surface area contributed by atoms with Crippen molar-refractivity contribution in [3.8, 4) is 0 Å². The lowest BCUT2D eigenvalue weighted by atomic mass is 10.1. The minimum Gasteiger partial charge on any atom is -0.448 e. The van der Waals surface area contributed by atoms with Gasteiger partial charge in [0.2, 0.25) is 0 Å². The maximum atomic E-state index is 12.5. The maximum Gasteiger partial charge on any atom is 0.276 e. The number of ether oxygens (including phenoxy) is 1. The highest BCUT2D eigenvalue weighted by atomic mass is 16.5. The normalized spacial score (nSPS) is 18.3. The van der Waals surface area contributed by atoms with Gasteiger partial charge in [-0.3, -0.25) is 4.79 Å². The van der Waals surface area contributed by atoms with Gasteiger partial charge in [0.1, 0.15) is 17.7 Å². The van der Waals surface area contributed by atoms with Crippen LogP contribution in [0.1, 0.15) is 28.0 Å². The second-order valence-electron chi connectivity index (χ2n) is 5.07. The average Bonchev–Trinajstić information content (AvgIpc) is 3.00. The molecule has 1 aliphatic rings. The topological polar surface area (TPSA) is 80.5 Å². The third-order valence-electron chi connectivity index (χ3n) is 3.66. The molecule has 1 atom stereocenters. The van der Waals surface area contributed by atoms with Crippen molar-refractivity contribution in [2.24, 2.45) is 0 Å². The molecule has 1 aliphatic heterocycles. The van der Waals surface area contributed by atoms with Crippen LogP contribution in [0.5, 0.6) is 0 Å². The van der Waals surface area contributed by atoms with E-state index >= 15 is 0 Å². The fourth-order valence-electron chi connectivity index (χ4n) is 2.44. The highest BCUT2D eigenvalue weighted by molar-refractivity contribution is 5.93. The number of nitrogens with one attached hydrogen (secondary N) is 1. The number of anilines is 1. The van der Waals surface area contributed by atoms with Crippen LogP contribution in [0.15, 0.2) is 29.0 Å². The first-order valence-electron chi connectivity index (χ1n) is 7.14. The summed E-state index contributed by atoms with van der Waals surface area (Å²) in [6.07, 6.45) is 1.05. The van der Waals surface area contributed by atoms with E-state index in [1.165, 1.54) is 6.39 Å². The van der Waals surface area contributed by atoms with Gasteiger partial charge >= 0.3 is 0 Å². The molecule has 0 aromatic carbocycles. The number of carbonyl (C=O) groups excluding carboxylic acids is 1. The molecule has 2 aromatic heterocycles. The van der Waals surface area contributed by atoms with Crippen LogP contribution in [0.25, 0.3) is 0 Å².